The molecule has 1 heterocycles. The number of hydrogen-bond acceptors (Lipinski definition) is 1. The Bertz CT molecular complexity index is 166. The Balaban J connectivity index is 2.90. The minimum absolute atomic E-state index is 0.966. The fourth-order valence-corrected chi connectivity index (χ4v) is 18.8. The summed E-state index contributed by atoms with van der Waals surface area (Å²) in [7, 11) is 0.546. The molecule has 1 rings (SSSR count). The molecule has 0 aromatic rings. The second-order valence-corrected chi connectivity index (χ2v) is 15.4. The van der Waals surface area contributed by atoms with Gasteiger partial charge < -0.3 is 4.23 Å². The lowest BCUT2D eigenvalue weighted by Gasteiger charge is -2.42. The predicted molar refractivity (Wildman–Crippen MR) is 70.8 cm³/mol. The zero-order valence-corrected chi connectivity index (χ0v) is 12.7. The summed E-state index contributed by atoms with van der Waals surface area (Å²) in [5.74, 6) is 0. The van der Waals surface area contributed by atoms with Crippen LogP contribution >= 0.6 is 0 Å². The maximum Gasteiger partial charge on any atom is 0.120 e. The van der Waals surface area contributed by atoms with E-state index in [-0.39, 0.29) is 0 Å². The molecule has 0 atom stereocenters. The molecule has 0 aliphatic carbocycles. The van der Waals surface area contributed by atoms with Gasteiger partial charge in [0.05, 0.1) is 0 Å². The Morgan fingerprint density at radius 3 is 1.21 bits per heavy atom. The van der Waals surface area contributed by atoms with E-state index in [1.165, 1.54) is 24.2 Å². The third-order valence-electron chi connectivity index (χ3n) is 5.11. The smallest absolute Gasteiger partial charge is 0.120 e. The summed E-state index contributed by atoms with van der Waals surface area (Å²) in [6.07, 6.45) is 0. The van der Waals surface area contributed by atoms with Crippen LogP contribution in [-0.4, -0.2) is 27.7 Å². The van der Waals surface area contributed by atoms with E-state index < -0.39 is 16.5 Å². The van der Waals surface area contributed by atoms with Crippen LogP contribution in [0.4, 0.5) is 0 Å². The maximum atomic E-state index is 2.99. The lowest BCUT2D eigenvalue weighted by molar-refractivity contribution is 0.731. The third kappa shape index (κ3) is 1.63. The SMILES string of the molecule is CC[Si]1(CC)CC[Si](CC)(CC)N1C. The Morgan fingerprint density at radius 2 is 1.07 bits per heavy atom. The molecule has 0 radical (unpaired) electrons. The van der Waals surface area contributed by atoms with Crippen molar-refractivity contribution in [1.82, 2.24) is 4.23 Å². The molecule has 0 bridgehead atoms. The first-order chi connectivity index (χ1) is 6.60. The molecule has 1 aliphatic rings. The van der Waals surface area contributed by atoms with Crippen LogP contribution in [0.2, 0.25) is 36.3 Å². The van der Waals surface area contributed by atoms with Gasteiger partial charge in [-0.3, -0.25) is 0 Å². The first kappa shape index (κ1) is 12.5. The molecule has 0 spiro atoms. The van der Waals surface area contributed by atoms with Gasteiger partial charge in [0.1, 0.15) is 16.5 Å². The first-order valence-electron chi connectivity index (χ1n) is 6.34. The zero-order chi connectivity index (χ0) is 10.8. The van der Waals surface area contributed by atoms with Gasteiger partial charge in [0.25, 0.3) is 0 Å². The van der Waals surface area contributed by atoms with Crippen LogP contribution in [0.3, 0.4) is 0 Å². The summed E-state index contributed by atoms with van der Waals surface area (Å²) in [5.41, 5.74) is 0. The quantitative estimate of drug-likeness (QED) is 0.661. The number of rotatable bonds is 4. The lowest BCUT2D eigenvalue weighted by atomic mass is 10.9. The summed E-state index contributed by atoms with van der Waals surface area (Å²) in [6, 6.07) is 9.13. The second kappa shape index (κ2) is 4.50. The van der Waals surface area contributed by atoms with E-state index in [2.05, 4.69) is 39.0 Å². The Morgan fingerprint density at radius 1 is 0.786 bits per heavy atom. The highest BCUT2D eigenvalue weighted by Gasteiger charge is 2.51. The van der Waals surface area contributed by atoms with Crippen LogP contribution in [0.5, 0.6) is 0 Å². The number of nitrogens with zero attached hydrogens (tertiary/aromatic N) is 1. The molecule has 1 nitrogen and oxygen atoms in total. The first-order valence-corrected chi connectivity index (χ1v) is 11.5. The van der Waals surface area contributed by atoms with E-state index in [4.69, 9.17) is 0 Å². The van der Waals surface area contributed by atoms with Gasteiger partial charge in [-0.15, -0.1) is 0 Å². The fourth-order valence-electron chi connectivity index (χ4n) is 3.46. The molecule has 0 unspecified atom stereocenters. The van der Waals surface area contributed by atoms with Gasteiger partial charge >= 0.3 is 0 Å². The highest BCUT2D eigenvalue weighted by atomic mass is 28.4. The van der Waals surface area contributed by atoms with E-state index in [0.29, 0.717) is 0 Å². The summed E-state index contributed by atoms with van der Waals surface area (Å²) < 4.78 is 2.99. The van der Waals surface area contributed by atoms with Crippen LogP contribution in [0, 0.1) is 0 Å². The average molecular weight is 230 g/mol. The lowest BCUT2D eigenvalue weighted by Crippen LogP contribution is -2.57. The van der Waals surface area contributed by atoms with Crippen molar-refractivity contribution in [2.45, 2.75) is 64.0 Å². The summed E-state index contributed by atoms with van der Waals surface area (Å²) in [6.45, 7) is 9.73. The fraction of sp³-hybridized carbons (Fsp3) is 1.00. The Kier molecular flexibility index (Phi) is 4.00. The molecule has 0 saturated carbocycles. The van der Waals surface area contributed by atoms with Crippen molar-refractivity contribution in [2.24, 2.45) is 0 Å². The van der Waals surface area contributed by atoms with Crippen LogP contribution in [0.25, 0.3) is 0 Å². The van der Waals surface area contributed by atoms with E-state index >= 15 is 0 Å². The van der Waals surface area contributed by atoms with E-state index in [0.717, 1.165) is 0 Å². The molecule has 14 heavy (non-hydrogen) atoms. The number of hydrogen-bond donors (Lipinski definition) is 0. The van der Waals surface area contributed by atoms with Crippen molar-refractivity contribution in [2.75, 3.05) is 7.05 Å². The molecule has 1 saturated heterocycles. The molecule has 84 valence electrons. The summed E-state index contributed by atoms with van der Waals surface area (Å²) in [5, 5.41) is 0. The van der Waals surface area contributed by atoms with Crippen LogP contribution in [0.15, 0.2) is 0 Å². The Hall–Kier alpha value is 0.394. The zero-order valence-electron chi connectivity index (χ0n) is 10.7. The average Bonchev–Trinajstić information content (AvgIpc) is 2.53. The summed E-state index contributed by atoms with van der Waals surface area (Å²) >= 11 is 0. The molecular weight excluding hydrogens is 202 g/mol. The van der Waals surface area contributed by atoms with Crippen molar-refractivity contribution in [3.05, 3.63) is 0 Å². The second-order valence-electron chi connectivity index (χ2n) is 4.92. The van der Waals surface area contributed by atoms with E-state index in [9.17, 15) is 0 Å². The van der Waals surface area contributed by atoms with Crippen molar-refractivity contribution in [3.63, 3.8) is 0 Å². The third-order valence-corrected chi connectivity index (χ3v) is 18.9. The van der Waals surface area contributed by atoms with Crippen molar-refractivity contribution < 1.29 is 0 Å². The standard InChI is InChI=1S/C11H27NSi2/c1-6-13(7-2)10-11-14(8-3,9-4)12(13)5/h6-11H2,1-5H3. The monoisotopic (exact) mass is 229 g/mol. The van der Waals surface area contributed by atoms with Gasteiger partial charge in [0.15, 0.2) is 0 Å². The highest BCUT2D eigenvalue weighted by Crippen LogP contribution is 2.43. The van der Waals surface area contributed by atoms with Gasteiger partial charge in [-0.1, -0.05) is 27.7 Å². The van der Waals surface area contributed by atoms with Gasteiger partial charge in [-0.25, -0.2) is 0 Å². The molecule has 0 aromatic heterocycles. The largest absolute Gasteiger partial charge is 0.348 e. The molecule has 0 N–H and O–H groups in total. The molecule has 1 aliphatic heterocycles. The van der Waals surface area contributed by atoms with Gasteiger partial charge in [0.2, 0.25) is 0 Å². The van der Waals surface area contributed by atoms with E-state index in [1.807, 2.05) is 0 Å². The molecule has 1 fully saturated rings. The van der Waals surface area contributed by atoms with Gasteiger partial charge in [-0.05, 0) is 43.3 Å². The molecule has 0 aromatic carbocycles. The molecular formula is C11H27NSi2. The molecule has 3 heteroatoms. The topological polar surface area (TPSA) is 3.24 Å². The predicted octanol–water partition coefficient (Wildman–Crippen LogP) is 3.90. The molecule has 0 amide bonds. The van der Waals surface area contributed by atoms with Crippen LogP contribution < -0.4 is 0 Å². The van der Waals surface area contributed by atoms with Crippen molar-refractivity contribution in [3.8, 4) is 0 Å². The minimum atomic E-state index is -0.966. The van der Waals surface area contributed by atoms with Gasteiger partial charge in [-0.2, -0.15) is 0 Å². The van der Waals surface area contributed by atoms with Crippen molar-refractivity contribution >= 4 is 16.5 Å². The maximum absolute atomic E-state index is 2.99. The summed E-state index contributed by atoms with van der Waals surface area (Å²) in [4.78, 5) is 0. The normalized spacial score (nSPS) is 25.5. The highest BCUT2D eigenvalue weighted by molar-refractivity contribution is 6.97. The minimum Gasteiger partial charge on any atom is -0.348 e. The Labute approximate surface area is 92.1 Å². The van der Waals surface area contributed by atoms with Crippen LogP contribution in [0.1, 0.15) is 27.7 Å². The van der Waals surface area contributed by atoms with Gasteiger partial charge in [0, 0.05) is 0 Å². The van der Waals surface area contributed by atoms with Crippen LogP contribution in [-0.2, 0) is 0 Å². The van der Waals surface area contributed by atoms with E-state index in [1.54, 1.807) is 12.1 Å². The van der Waals surface area contributed by atoms with Crippen molar-refractivity contribution in [1.29, 1.82) is 0 Å².